The van der Waals surface area contributed by atoms with E-state index in [1.807, 2.05) is 0 Å². The highest BCUT2D eigenvalue weighted by atomic mass is 28.4. The summed E-state index contributed by atoms with van der Waals surface area (Å²) in [6.07, 6.45) is 6.38. The zero-order valence-electron chi connectivity index (χ0n) is 23.8. The predicted octanol–water partition coefficient (Wildman–Crippen LogP) is 8.79. The van der Waals surface area contributed by atoms with Crippen LogP contribution in [-0.4, -0.2) is 42.1 Å². The van der Waals surface area contributed by atoms with Gasteiger partial charge in [0, 0.05) is 0 Å². The van der Waals surface area contributed by atoms with Crippen LogP contribution in [0.1, 0.15) is 109 Å². The van der Waals surface area contributed by atoms with Crippen molar-refractivity contribution in [2.24, 2.45) is 0 Å². The lowest BCUT2D eigenvalue weighted by atomic mass is 10.2. The molecule has 0 aromatic rings. The first kappa shape index (κ1) is 30.1. The van der Waals surface area contributed by atoms with Gasteiger partial charge in [-0.2, -0.15) is 0 Å². The fraction of sp³-hybridized carbons (Fsp3) is 0.926. The molecule has 0 amide bonds. The molecule has 1 saturated heterocycles. The lowest BCUT2D eigenvalue weighted by molar-refractivity contribution is 0.219. The van der Waals surface area contributed by atoms with E-state index in [0.29, 0.717) is 23.2 Å². The normalized spacial score (nSPS) is 20.9. The highest BCUT2D eigenvalue weighted by Gasteiger charge is 2.55. The molecule has 3 nitrogen and oxygen atoms in total. The third-order valence-corrected chi connectivity index (χ3v) is 19.5. The Morgan fingerprint density at radius 2 is 1.22 bits per heavy atom. The van der Waals surface area contributed by atoms with Crippen LogP contribution < -0.4 is 0 Å². The van der Waals surface area contributed by atoms with Gasteiger partial charge in [0.2, 0.25) is 8.32 Å². The quantitative estimate of drug-likeness (QED) is 0.149. The summed E-state index contributed by atoms with van der Waals surface area (Å²) in [4.78, 5) is 0. The minimum Gasteiger partial charge on any atom is -0.413 e. The average molecular weight is 485 g/mol. The van der Waals surface area contributed by atoms with Gasteiger partial charge in [0.15, 0.2) is 8.32 Å². The number of allylic oxidation sites excluding steroid dienone is 1. The van der Waals surface area contributed by atoms with E-state index >= 15 is 0 Å². The van der Waals surface area contributed by atoms with E-state index in [1.54, 1.807) is 0 Å². The van der Waals surface area contributed by atoms with Crippen molar-refractivity contribution in [2.45, 2.75) is 148 Å². The maximum absolute atomic E-state index is 6.95. The van der Waals surface area contributed by atoms with E-state index in [4.69, 9.17) is 13.6 Å². The van der Waals surface area contributed by atoms with E-state index in [1.165, 1.54) is 12.8 Å². The van der Waals surface area contributed by atoms with Gasteiger partial charge in [-0.05, 0) is 33.1 Å². The molecule has 5 heteroatoms. The Morgan fingerprint density at radius 1 is 0.781 bits per heavy atom. The van der Waals surface area contributed by atoms with E-state index in [9.17, 15) is 0 Å². The Balaban J connectivity index is 2.88. The molecule has 0 aromatic carbocycles. The largest absolute Gasteiger partial charge is 0.413 e. The first-order chi connectivity index (χ1) is 14.6. The van der Waals surface area contributed by atoms with Crippen LogP contribution in [0.5, 0.6) is 0 Å². The first-order valence-corrected chi connectivity index (χ1v) is 17.3. The highest BCUT2D eigenvalue weighted by Crippen LogP contribution is 2.53. The molecule has 32 heavy (non-hydrogen) atoms. The minimum atomic E-state index is -2.21. The van der Waals surface area contributed by atoms with Gasteiger partial charge in [0.05, 0.1) is 13.2 Å². The monoisotopic (exact) mass is 484 g/mol. The summed E-state index contributed by atoms with van der Waals surface area (Å²) >= 11 is 0. The molecule has 1 rings (SSSR count). The number of hydrogen-bond donors (Lipinski definition) is 0. The summed E-state index contributed by atoms with van der Waals surface area (Å²) in [5.41, 5.74) is 4.30. The molecule has 190 valence electrons. The second kappa shape index (κ2) is 11.7. The second-order valence-corrected chi connectivity index (χ2v) is 23.5. The molecule has 0 radical (unpaired) electrons. The molecule has 0 aliphatic carbocycles. The Morgan fingerprint density at radius 3 is 1.59 bits per heavy atom. The molecule has 2 atom stereocenters. The zero-order valence-corrected chi connectivity index (χ0v) is 25.8. The van der Waals surface area contributed by atoms with Crippen molar-refractivity contribution in [3.8, 4) is 0 Å². The maximum atomic E-state index is 6.95. The van der Waals surface area contributed by atoms with Crippen molar-refractivity contribution >= 4 is 16.6 Å². The number of epoxide rings is 1. The molecule has 0 unspecified atom stereocenters. The van der Waals surface area contributed by atoms with Crippen LogP contribution in [0.3, 0.4) is 0 Å². The first-order valence-electron chi connectivity index (χ1n) is 13.2. The maximum Gasteiger partial charge on any atom is 0.227 e. The van der Waals surface area contributed by atoms with Crippen LogP contribution in [0, 0.1) is 0 Å². The van der Waals surface area contributed by atoms with E-state index in [-0.39, 0.29) is 22.3 Å². The van der Waals surface area contributed by atoms with Crippen molar-refractivity contribution in [1.29, 1.82) is 0 Å². The standard InChI is InChI=1S/C27H56O3Si2/c1-14-15-16-17-18-31(26(8,9)10,27(11,12)13)28-19-24-25(30-24)20-29-32(21(2)3,22(4)5)23(6)7/h17-18,21-25H,14-16,19-20H2,1-13H3/b18-17+/t24-,25+/m0/s1. The summed E-state index contributed by atoms with van der Waals surface area (Å²) in [5, 5.41) is 0.230. The summed E-state index contributed by atoms with van der Waals surface area (Å²) in [5.74, 6) is 0. The van der Waals surface area contributed by atoms with Crippen molar-refractivity contribution in [2.75, 3.05) is 13.2 Å². The van der Waals surface area contributed by atoms with Gasteiger partial charge < -0.3 is 13.6 Å². The molecule has 0 bridgehead atoms. The zero-order chi connectivity index (χ0) is 25.0. The van der Waals surface area contributed by atoms with Crippen molar-refractivity contribution < 1.29 is 13.6 Å². The van der Waals surface area contributed by atoms with Crippen LogP contribution >= 0.6 is 0 Å². The Bertz CT molecular complexity index is 549. The van der Waals surface area contributed by atoms with E-state index < -0.39 is 16.6 Å². The van der Waals surface area contributed by atoms with Crippen LogP contribution in [0.4, 0.5) is 0 Å². The van der Waals surface area contributed by atoms with Gasteiger partial charge in [-0.3, -0.25) is 0 Å². The van der Waals surface area contributed by atoms with Crippen LogP contribution in [0.2, 0.25) is 26.7 Å². The fourth-order valence-electron chi connectivity index (χ4n) is 6.09. The van der Waals surface area contributed by atoms with Crippen LogP contribution in [-0.2, 0) is 13.6 Å². The molecule has 1 aliphatic heterocycles. The SMILES string of the molecule is CCCC/C=C/[Si](OC[C@@H]1O[C@@H]1CO[Si](C(C)C)(C(C)C)C(C)C)(C(C)(C)C)C(C)(C)C. The summed E-state index contributed by atoms with van der Waals surface area (Å²) in [6.45, 7) is 31.9. The van der Waals surface area contributed by atoms with Crippen molar-refractivity contribution in [3.05, 3.63) is 11.8 Å². The molecule has 1 heterocycles. The smallest absolute Gasteiger partial charge is 0.227 e. The number of hydrogen-bond acceptors (Lipinski definition) is 3. The summed E-state index contributed by atoms with van der Waals surface area (Å²) in [7, 11) is -4.06. The van der Waals surface area contributed by atoms with Gasteiger partial charge in [-0.15, -0.1) is 0 Å². The Labute approximate surface area is 203 Å². The van der Waals surface area contributed by atoms with E-state index in [2.05, 4.69) is 102 Å². The van der Waals surface area contributed by atoms with Crippen LogP contribution in [0.15, 0.2) is 11.8 Å². The van der Waals surface area contributed by atoms with Gasteiger partial charge in [0.25, 0.3) is 0 Å². The molecule has 1 fully saturated rings. The van der Waals surface area contributed by atoms with Crippen LogP contribution in [0.25, 0.3) is 0 Å². The molecule has 0 N–H and O–H groups in total. The molecular formula is C27H56O3Si2. The Hall–Kier alpha value is 0.0538. The van der Waals surface area contributed by atoms with E-state index in [0.717, 1.165) is 13.0 Å². The summed E-state index contributed by atoms with van der Waals surface area (Å²) < 4.78 is 19.8. The van der Waals surface area contributed by atoms with Gasteiger partial charge >= 0.3 is 0 Å². The summed E-state index contributed by atoms with van der Waals surface area (Å²) in [6, 6.07) is 0. The topological polar surface area (TPSA) is 31.0 Å². The van der Waals surface area contributed by atoms with Gasteiger partial charge in [0.1, 0.15) is 12.2 Å². The lowest BCUT2D eigenvalue weighted by Gasteiger charge is -2.49. The number of unbranched alkanes of at least 4 members (excludes halogenated alkanes) is 2. The minimum absolute atomic E-state index is 0.115. The van der Waals surface area contributed by atoms with Gasteiger partial charge in [-0.1, -0.05) is 115 Å². The third kappa shape index (κ3) is 6.81. The van der Waals surface area contributed by atoms with Crippen molar-refractivity contribution in [1.82, 2.24) is 0 Å². The molecule has 0 saturated carbocycles. The molecule has 0 aromatic heterocycles. The predicted molar refractivity (Wildman–Crippen MR) is 145 cm³/mol. The third-order valence-electron chi connectivity index (χ3n) is 7.67. The number of ether oxygens (including phenoxy) is 1. The Kier molecular flexibility index (Phi) is 11.0. The lowest BCUT2D eigenvalue weighted by Crippen LogP contribution is -2.54. The van der Waals surface area contributed by atoms with Gasteiger partial charge in [-0.25, -0.2) is 0 Å². The average Bonchev–Trinajstić information content (AvgIpc) is 3.37. The molecule has 0 spiro atoms. The fourth-order valence-corrected chi connectivity index (χ4v) is 16.7. The highest BCUT2D eigenvalue weighted by molar-refractivity contribution is 6.84. The number of rotatable bonds is 13. The molecule has 1 aliphatic rings. The molecular weight excluding hydrogens is 428 g/mol. The second-order valence-electron chi connectivity index (χ2n) is 12.9. The van der Waals surface area contributed by atoms with Crippen molar-refractivity contribution in [3.63, 3.8) is 0 Å².